The minimum atomic E-state index is -2.27. The number of imide groups is 2. The van der Waals surface area contributed by atoms with E-state index in [2.05, 4.69) is 0 Å². The number of nitro benzene ring substituents is 2. The van der Waals surface area contributed by atoms with E-state index >= 15 is 0 Å². The number of aliphatic hydroxyl groups excluding tert-OH is 1. The topological polar surface area (TPSA) is 198 Å². The van der Waals surface area contributed by atoms with Crippen LogP contribution in [0.1, 0.15) is 30.3 Å². The van der Waals surface area contributed by atoms with Gasteiger partial charge in [0.05, 0.1) is 39.0 Å². The first kappa shape index (κ1) is 34.3. The van der Waals surface area contributed by atoms with Gasteiger partial charge < -0.3 is 14.4 Å². The second-order valence-corrected chi connectivity index (χ2v) is 14.2. The van der Waals surface area contributed by atoms with E-state index in [0.29, 0.717) is 10.5 Å². The van der Waals surface area contributed by atoms with Gasteiger partial charge in [-0.15, -0.1) is 23.2 Å². The lowest BCUT2D eigenvalue weighted by molar-refractivity contribution is -0.392. The van der Waals surface area contributed by atoms with Crippen LogP contribution in [0.25, 0.3) is 0 Å². The van der Waals surface area contributed by atoms with Gasteiger partial charge in [0.25, 0.3) is 11.8 Å². The first-order chi connectivity index (χ1) is 24.1. The number of benzene rings is 2. The van der Waals surface area contributed by atoms with Gasteiger partial charge in [-0.3, -0.25) is 39.4 Å². The predicted octanol–water partition coefficient (Wildman–Crippen LogP) is 4.56. The zero-order valence-corrected chi connectivity index (χ0v) is 28.1. The third-order valence-corrected chi connectivity index (χ3v) is 11.6. The Kier molecular flexibility index (Phi) is 7.85. The molecular weight excluding hydrogens is 716 g/mol. The molecule has 1 aromatic heterocycles. The number of carbonyl (C=O) groups excluding carboxylic acids is 4. The van der Waals surface area contributed by atoms with Crippen molar-refractivity contribution in [1.29, 1.82) is 0 Å². The van der Waals surface area contributed by atoms with Crippen molar-refractivity contribution in [2.75, 3.05) is 28.8 Å². The van der Waals surface area contributed by atoms with E-state index in [1.807, 2.05) is 0 Å². The summed E-state index contributed by atoms with van der Waals surface area (Å²) in [5.41, 5.74) is -1.83. The highest BCUT2D eigenvalue weighted by Gasteiger charge is 2.77. The normalized spacial score (nSPS) is 28.4. The van der Waals surface area contributed by atoms with Crippen LogP contribution in [0, 0.1) is 43.8 Å². The van der Waals surface area contributed by atoms with Crippen LogP contribution < -0.4 is 14.7 Å². The Morgan fingerprint density at radius 1 is 0.922 bits per heavy atom. The van der Waals surface area contributed by atoms with E-state index in [9.17, 15) is 48.9 Å². The molecule has 1 saturated carbocycles. The van der Waals surface area contributed by atoms with Crippen molar-refractivity contribution in [2.24, 2.45) is 17.8 Å². The Morgan fingerprint density at radius 2 is 1.55 bits per heavy atom. The Morgan fingerprint density at radius 3 is 2.10 bits per heavy atom. The molecule has 0 unspecified atom stereocenters. The lowest BCUT2D eigenvalue weighted by Crippen LogP contribution is -2.60. The minimum Gasteiger partial charge on any atom is -0.463 e. The molecule has 51 heavy (non-hydrogen) atoms. The van der Waals surface area contributed by atoms with E-state index in [0.717, 1.165) is 29.2 Å². The van der Waals surface area contributed by atoms with Crippen molar-refractivity contribution in [2.45, 2.75) is 35.1 Å². The maximum atomic E-state index is 14.4. The summed E-state index contributed by atoms with van der Waals surface area (Å²) in [5.74, 6) is -8.70. The number of hydrogen-bond donors (Lipinski definition) is 1. The summed E-state index contributed by atoms with van der Waals surface area (Å²) >= 11 is 14.5. The molecule has 7 rings (SSSR count). The molecule has 0 radical (unpaired) electrons. The van der Waals surface area contributed by atoms with Crippen molar-refractivity contribution in [3.8, 4) is 0 Å². The Hall–Kier alpha value is -5.19. The molecule has 3 heterocycles. The summed E-state index contributed by atoms with van der Waals surface area (Å²) < 4.78 is 19.7. The average Bonchev–Trinajstić information content (AvgIpc) is 3.70. The number of fused-ring (bicyclic) bond motifs is 4. The number of aliphatic hydroxyl groups is 1. The van der Waals surface area contributed by atoms with Gasteiger partial charge in [-0.05, 0) is 55.2 Å². The molecule has 2 aromatic carbocycles. The summed E-state index contributed by atoms with van der Waals surface area (Å²) in [6, 6.07) is 9.20. The molecule has 1 N–H and O–H groups in total. The summed E-state index contributed by atoms with van der Waals surface area (Å²) in [4.78, 5) is 77.6. The molecule has 3 fully saturated rings. The van der Waals surface area contributed by atoms with Gasteiger partial charge in [0.1, 0.15) is 23.9 Å². The van der Waals surface area contributed by atoms with Gasteiger partial charge in [-0.2, -0.15) is 0 Å². The highest BCUT2D eigenvalue weighted by atomic mass is 35.5. The zero-order valence-electron chi connectivity index (χ0n) is 26.6. The Labute approximate surface area is 297 Å². The SMILES string of the molecule is CN(C)c1c([N+](=O)[O-])cc(N2C(=O)[C@H]3[C@H](CC=C4[C@H]3C[C@@]3(Cl)C(=O)N(c5ccc(F)cc5)C(=O)[C@@]3(Cl)[C@H]4c3ccc(CO)o3)C2=O)cc1[N+](=O)[O-]. The Balaban J connectivity index is 1.37. The maximum Gasteiger partial charge on any atom is 0.301 e. The lowest BCUT2D eigenvalue weighted by Gasteiger charge is -2.49. The summed E-state index contributed by atoms with van der Waals surface area (Å²) in [5, 5.41) is 33.9. The third kappa shape index (κ3) is 4.66. The van der Waals surface area contributed by atoms with Gasteiger partial charge >= 0.3 is 11.4 Å². The number of nitrogens with zero attached hydrogens (tertiary/aromatic N) is 5. The van der Waals surface area contributed by atoms with Crippen molar-refractivity contribution in [3.05, 3.63) is 97.7 Å². The van der Waals surface area contributed by atoms with Gasteiger partial charge in [0.2, 0.25) is 11.8 Å². The number of amides is 4. The number of halogens is 3. The van der Waals surface area contributed by atoms with Crippen molar-refractivity contribution >= 4 is 75.3 Å². The standard InChI is InChI=1S/C33H26Cl2FN5O10/c1-37(2)27-22(40(47)48)11-17(12-23(27)41(49)50)38-28(43)20-9-8-19-21(25(20)29(38)44)13-32(34)30(45)39(16-5-3-15(36)4-6-16)31(46)33(32,35)26(19)24-10-7-18(14-42)51-24/h3-8,10-12,20-21,25-26,42H,9,13-14H2,1-2H3/t20-,21+,25-,26+,32+,33-/m0/s1. The van der Waals surface area contributed by atoms with Crippen LogP contribution in [-0.4, -0.2) is 62.4 Å². The monoisotopic (exact) mass is 741 g/mol. The van der Waals surface area contributed by atoms with Crippen LogP contribution in [0.15, 0.2) is 64.6 Å². The lowest BCUT2D eigenvalue weighted by atomic mass is 9.57. The quantitative estimate of drug-likeness (QED) is 0.117. The number of alkyl halides is 2. The molecule has 18 heteroatoms. The van der Waals surface area contributed by atoms with Crippen LogP contribution in [0.2, 0.25) is 0 Å². The number of rotatable bonds is 7. The van der Waals surface area contributed by atoms with Crippen LogP contribution in [-0.2, 0) is 25.8 Å². The number of allylic oxidation sites excluding steroid dienone is 2. The first-order valence-electron chi connectivity index (χ1n) is 15.5. The fraction of sp³-hybridized carbons (Fsp3) is 0.333. The van der Waals surface area contributed by atoms with E-state index in [-0.39, 0.29) is 29.3 Å². The molecule has 3 aromatic rings. The second kappa shape index (κ2) is 11.7. The zero-order chi connectivity index (χ0) is 36.9. The number of carbonyl (C=O) groups is 4. The molecule has 0 spiro atoms. The molecular formula is C33H26Cl2FN5O10. The van der Waals surface area contributed by atoms with Crippen molar-refractivity contribution in [3.63, 3.8) is 0 Å². The molecule has 0 bridgehead atoms. The smallest absolute Gasteiger partial charge is 0.301 e. The number of anilines is 3. The van der Waals surface area contributed by atoms with Gasteiger partial charge in [-0.1, -0.05) is 11.6 Å². The van der Waals surface area contributed by atoms with E-state index < -0.39 is 103 Å². The average molecular weight is 743 g/mol. The molecule has 6 atom stereocenters. The third-order valence-electron chi connectivity index (χ3n) is 10.2. The van der Waals surface area contributed by atoms with Gasteiger partial charge in [0.15, 0.2) is 15.4 Å². The maximum absolute atomic E-state index is 14.4. The highest BCUT2D eigenvalue weighted by molar-refractivity contribution is 6.58. The predicted molar refractivity (Wildman–Crippen MR) is 178 cm³/mol. The largest absolute Gasteiger partial charge is 0.463 e. The molecule has 4 amide bonds. The Bertz CT molecular complexity index is 2090. The van der Waals surface area contributed by atoms with Gasteiger partial charge in [-0.25, -0.2) is 14.2 Å². The molecule has 2 aliphatic heterocycles. The molecule has 264 valence electrons. The fourth-order valence-electron chi connectivity index (χ4n) is 8.06. The number of nitro groups is 2. The van der Waals surface area contributed by atoms with Crippen molar-refractivity contribution < 1.29 is 42.9 Å². The van der Waals surface area contributed by atoms with E-state index in [1.54, 1.807) is 6.08 Å². The fourth-order valence-corrected chi connectivity index (χ4v) is 8.97. The first-order valence-corrected chi connectivity index (χ1v) is 16.3. The number of furan rings is 1. The molecule has 2 aliphatic carbocycles. The minimum absolute atomic E-state index is 0.0208. The molecule has 2 saturated heterocycles. The van der Waals surface area contributed by atoms with E-state index in [1.165, 1.54) is 43.3 Å². The van der Waals surface area contributed by atoms with Crippen LogP contribution in [0.3, 0.4) is 0 Å². The summed E-state index contributed by atoms with van der Waals surface area (Å²) in [6.07, 6.45) is 1.11. The molecule has 4 aliphatic rings. The van der Waals surface area contributed by atoms with Gasteiger partial charge in [0, 0.05) is 26.2 Å². The van der Waals surface area contributed by atoms with Crippen molar-refractivity contribution in [1.82, 2.24) is 0 Å². The van der Waals surface area contributed by atoms with Crippen LogP contribution in [0.5, 0.6) is 0 Å². The molecule has 15 nitrogen and oxygen atoms in total. The van der Waals surface area contributed by atoms with Crippen LogP contribution >= 0.6 is 23.2 Å². The highest BCUT2D eigenvalue weighted by Crippen LogP contribution is 2.66. The second-order valence-electron chi connectivity index (χ2n) is 13.0. The van der Waals surface area contributed by atoms with Crippen LogP contribution in [0.4, 0.5) is 32.8 Å². The van der Waals surface area contributed by atoms with E-state index in [4.69, 9.17) is 27.6 Å². The number of hydrogen-bond acceptors (Lipinski definition) is 11. The summed E-state index contributed by atoms with van der Waals surface area (Å²) in [6.45, 7) is -0.525. The summed E-state index contributed by atoms with van der Waals surface area (Å²) in [7, 11) is 2.74.